The van der Waals surface area contributed by atoms with Gasteiger partial charge in [0, 0.05) is 17.5 Å². The van der Waals surface area contributed by atoms with E-state index in [0.717, 1.165) is 16.7 Å². The number of amides is 2. The zero-order chi connectivity index (χ0) is 40.9. The van der Waals surface area contributed by atoms with Crippen molar-refractivity contribution >= 4 is 57.2 Å². The van der Waals surface area contributed by atoms with Gasteiger partial charge in [0.2, 0.25) is 5.95 Å². The van der Waals surface area contributed by atoms with Gasteiger partial charge < -0.3 is 29.4 Å². The SMILES string of the molecule is COc1ccc(C(OC[C@H]2O[C@H](n3nc(I)c4c(NC(=O)c5ccccc5)nc(NC(=O)c5ccccc5)nc43)C[C@@H]2O)(c2ccccc2)c2ccc(OC)cc2)cc1. The van der Waals surface area contributed by atoms with Gasteiger partial charge in [0.25, 0.3) is 11.8 Å². The summed E-state index contributed by atoms with van der Waals surface area (Å²) in [6.45, 7) is -0.0212. The van der Waals surface area contributed by atoms with Crippen LogP contribution in [0.1, 0.15) is 50.1 Å². The van der Waals surface area contributed by atoms with E-state index in [1.807, 2.05) is 91.0 Å². The summed E-state index contributed by atoms with van der Waals surface area (Å²) in [4.78, 5) is 36.0. The second-order valence-corrected chi connectivity index (χ2v) is 14.7. The zero-order valence-electron chi connectivity index (χ0n) is 32.0. The molecule has 59 heavy (non-hydrogen) atoms. The fraction of sp³-hybridized carbons (Fsp3) is 0.178. The van der Waals surface area contributed by atoms with Crippen LogP contribution in [0.5, 0.6) is 11.5 Å². The third-order valence-corrected chi connectivity index (χ3v) is 10.9. The standard InChI is InChI=1S/C45H39IN6O7/c1-56-33-22-18-31(19-23-33)45(30-16-10-5-11-17-30,32-20-24-34(57-2)25-21-32)58-27-36-35(53)26-37(59-36)52-41-38(39(46)51-52)40(47-42(54)28-12-6-3-7-13-28)48-44(49-41)50-43(55)29-14-8-4-9-15-29/h3-25,35-37,53H,26-27H2,1-2H3,(H2,47,48,49,50,54,55)/t35-,36+,37-/m0/s1. The lowest BCUT2D eigenvalue weighted by molar-refractivity contribution is -0.0950. The Labute approximate surface area is 353 Å². The Morgan fingerprint density at radius 2 is 1.25 bits per heavy atom. The average molecular weight is 903 g/mol. The van der Waals surface area contributed by atoms with Gasteiger partial charge in [-0.2, -0.15) is 15.1 Å². The fourth-order valence-corrected chi connectivity index (χ4v) is 7.90. The maximum atomic E-state index is 13.4. The summed E-state index contributed by atoms with van der Waals surface area (Å²) in [6.07, 6.45) is -2.42. The largest absolute Gasteiger partial charge is 0.497 e. The second kappa shape index (κ2) is 17.3. The molecule has 7 aromatic rings. The van der Waals surface area contributed by atoms with E-state index >= 15 is 0 Å². The van der Waals surface area contributed by atoms with Gasteiger partial charge >= 0.3 is 0 Å². The summed E-state index contributed by atoms with van der Waals surface area (Å²) in [6, 6.07) is 42.6. The number of fused-ring (bicyclic) bond motifs is 1. The lowest BCUT2D eigenvalue weighted by Crippen LogP contribution is -2.38. The molecular weight excluding hydrogens is 863 g/mol. The molecule has 1 aliphatic heterocycles. The smallest absolute Gasteiger partial charge is 0.258 e. The molecule has 3 heterocycles. The first kappa shape index (κ1) is 39.6. The van der Waals surface area contributed by atoms with Crippen LogP contribution in [-0.4, -0.2) is 69.7 Å². The number of halogens is 1. The van der Waals surface area contributed by atoms with Crippen molar-refractivity contribution < 1.29 is 33.6 Å². The molecule has 14 heteroatoms. The minimum absolute atomic E-state index is 0.0212. The predicted octanol–water partition coefficient (Wildman–Crippen LogP) is 7.61. The lowest BCUT2D eigenvalue weighted by Gasteiger charge is -2.37. The molecule has 2 amide bonds. The highest BCUT2D eigenvalue weighted by Crippen LogP contribution is 2.43. The molecule has 3 N–H and O–H groups in total. The number of aliphatic hydroxyl groups is 1. The third kappa shape index (κ3) is 8.12. The van der Waals surface area contributed by atoms with Gasteiger partial charge in [0.05, 0.1) is 32.3 Å². The Bertz CT molecular complexity index is 2510. The summed E-state index contributed by atoms with van der Waals surface area (Å²) in [5.74, 6) is 0.628. The van der Waals surface area contributed by atoms with E-state index in [2.05, 4.69) is 38.2 Å². The average Bonchev–Trinajstić information content (AvgIpc) is 3.83. The van der Waals surface area contributed by atoms with Crippen LogP contribution >= 0.6 is 22.6 Å². The molecule has 3 atom stereocenters. The van der Waals surface area contributed by atoms with Gasteiger partial charge in [0.15, 0.2) is 17.7 Å². The number of carbonyl (C=O) groups is 2. The predicted molar refractivity (Wildman–Crippen MR) is 230 cm³/mol. The molecule has 13 nitrogen and oxygen atoms in total. The lowest BCUT2D eigenvalue weighted by atomic mass is 9.80. The van der Waals surface area contributed by atoms with E-state index in [1.54, 1.807) is 67.4 Å². The van der Waals surface area contributed by atoms with Crippen molar-refractivity contribution in [2.75, 3.05) is 31.5 Å². The van der Waals surface area contributed by atoms with Crippen LogP contribution < -0.4 is 20.1 Å². The summed E-state index contributed by atoms with van der Waals surface area (Å²) < 4.78 is 26.6. The summed E-state index contributed by atoms with van der Waals surface area (Å²) in [5, 5.41) is 22.5. The Hall–Kier alpha value is -6.20. The van der Waals surface area contributed by atoms with Crippen LogP contribution in [0.3, 0.4) is 0 Å². The Kier molecular flexibility index (Phi) is 11.6. The van der Waals surface area contributed by atoms with Crippen molar-refractivity contribution in [3.05, 3.63) is 171 Å². The molecule has 0 saturated carbocycles. The number of nitrogens with zero attached hydrogens (tertiary/aromatic N) is 4. The molecule has 298 valence electrons. The van der Waals surface area contributed by atoms with Crippen molar-refractivity contribution in [1.82, 2.24) is 19.7 Å². The van der Waals surface area contributed by atoms with Crippen LogP contribution in [-0.2, 0) is 15.1 Å². The minimum atomic E-state index is -1.14. The highest BCUT2D eigenvalue weighted by molar-refractivity contribution is 14.1. The van der Waals surface area contributed by atoms with Gasteiger partial charge in [-0.05, 0) is 87.8 Å². The van der Waals surface area contributed by atoms with Crippen molar-refractivity contribution in [3.63, 3.8) is 0 Å². The van der Waals surface area contributed by atoms with E-state index in [0.29, 0.717) is 31.7 Å². The Morgan fingerprint density at radius 3 is 1.80 bits per heavy atom. The van der Waals surface area contributed by atoms with Crippen LogP contribution in [0.25, 0.3) is 11.0 Å². The molecule has 0 aliphatic carbocycles. The van der Waals surface area contributed by atoms with Gasteiger partial charge in [0.1, 0.15) is 26.9 Å². The van der Waals surface area contributed by atoms with E-state index < -0.39 is 35.9 Å². The molecule has 0 bridgehead atoms. The number of anilines is 2. The van der Waals surface area contributed by atoms with Crippen LogP contribution in [0.15, 0.2) is 140 Å². The number of aliphatic hydroxyl groups excluding tert-OH is 1. The van der Waals surface area contributed by atoms with Gasteiger partial charge in [-0.1, -0.05) is 91.0 Å². The molecule has 0 unspecified atom stereocenters. The van der Waals surface area contributed by atoms with Crippen molar-refractivity contribution in [1.29, 1.82) is 0 Å². The van der Waals surface area contributed by atoms with E-state index in [9.17, 15) is 14.7 Å². The monoisotopic (exact) mass is 902 g/mol. The summed E-state index contributed by atoms with van der Waals surface area (Å²) in [5.41, 5.74) is 2.48. The minimum Gasteiger partial charge on any atom is -0.497 e. The Morgan fingerprint density at radius 1 is 0.746 bits per heavy atom. The van der Waals surface area contributed by atoms with Crippen LogP contribution in [0.2, 0.25) is 0 Å². The van der Waals surface area contributed by atoms with Crippen molar-refractivity contribution in [3.8, 4) is 11.5 Å². The first-order valence-corrected chi connectivity index (χ1v) is 19.9. The highest BCUT2D eigenvalue weighted by atomic mass is 127. The molecule has 2 aromatic heterocycles. The maximum absolute atomic E-state index is 13.4. The molecule has 1 fully saturated rings. The molecule has 1 aliphatic rings. The second-order valence-electron chi connectivity index (χ2n) is 13.7. The fourth-order valence-electron chi connectivity index (χ4n) is 7.17. The van der Waals surface area contributed by atoms with Crippen LogP contribution in [0.4, 0.5) is 11.8 Å². The number of hydrogen-bond donors (Lipinski definition) is 3. The normalized spacial score (nSPS) is 16.4. The van der Waals surface area contributed by atoms with Crippen molar-refractivity contribution in [2.45, 2.75) is 30.5 Å². The van der Waals surface area contributed by atoms with Gasteiger partial charge in [-0.3, -0.25) is 14.9 Å². The van der Waals surface area contributed by atoms with Gasteiger partial charge in [-0.15, -0.1) is 0 Å². The maximum Gasteiger partial charge on any atom is 0.258 e. The number of benzene rings is 5. The summed E-state index contributed by atoms with van der Waals surface area (Å²) >= 11 is 2.05. The molecule has 0 radical (unpaired) electrons. The quantitative estimate of drug-likeness (QED) is 0.0777. The van der Waals surface area contributed by atoms with Crippen LogP contribution in [0, 0.1) is 3.70 Å². The number of nitrogens with one attached hydrogen (secondary N) is 2. The number of carbonyl (C=O) groups excluding carboxylic acids is 2. The number of aromatic nitrogens is 4. The molecule has 5 aromatic carbocycles. The Balaban J connectivity index is 1.14. The molecule has 1 saturated heterocycles. The molecule has 0 spiro atoms. The number of hydrogen-bond acceptors (Lipinski definition) is 10. The molecular formula is C45H39IN6O7. The third-order valence-electron chi connectivity index (χ3n) is 10.2. The number of ether oxygens (including phenoxy) is 4. The number of methoxy groups -OCH3 is 2. The van der Waals surface area contributed by atoms with E-state index in [1.165, 1.54) is 0 Å². The topological polar surface area (TPSA) is 159 Å². The first-order chi connectivity index (χ1) is 28.8. The van der Waals surface area contributed by atoms with E-state index in [-0.39, 0.29) is 30.4 Å². The highest BCUT2D eigenvalue weighted by Gasteiger charge is 2.43. The van der Waals surface area contributed by atoms with Crippen molar-refractivity contribution in [2.24, 2.45) is 0 Å². The first-order valence-electron chi connectivity index (χ1n) is 18.8. The summed E-state index contributed by atoms with van der Waals surface area (Å²) in [7, 11) is 3.24. The van der Waals surface area contributed by atoms with Gasteiger partial charge in [-0.25, -0.2) is 4.68 Å². The zero-order valence-corrected chi connectivity index (χ0v) is 34.1. The number of rotatable bonds is 13. The van der Waals surface area contributed by atoms with E-state index in [4.69, 9.17) is 29.0 Å². The molecule has 8 rings (SSSR count).